The van der Waals surface area contributed by atoms with Gasteiger partial charge in [0, 0.05) is 33.1 Å². The molecule has 17 heavy (non-hydrogen) atoms. The van der Waals surface area contributed by atoms with Crippen molar-refractivity contribution in [2.45, 2.75) is 32.3 Å². The van der Waals surface area contributed by atoms with Gasteiger partial charge in [0.15, 0.2) is 0 Å². The van der Waals surface area contributed by atoms with Crippen molar-refractivity contribution in [3.8, 4) is 0 Å². The van der Waals surface area contributed by atoms with Gasteiger partial charge >= 0.3 is 6.09 Å². The zero-order chi connectivity index (χ0) is 12.9. The minimum Gasteiger partial charge on any atom is -0.449 e. The summed E-state index contributed by atoms with van der Waals surface area (Å²) in [6.45, 7) is 5.77. The molecule has 5 nitrogen and oxygen atoms in total. The normalized spacial score (nSPS) is 19.1. The molecule has 0 spiro atoms. The fourth-order valence-corrected chi connectivity index (χ4v) is 1.76. The summed E-state index contributed by atoms with van der Waals surface area (Å²) in [5.41, 5.74) is -0.830. The van der Waals surface area contributed by atoms with Crippen molar-refractivity contribution in [1.82, 2.24) is 4.90 Å². The van der Waals surface area contributed by atoms with Crippen LogP contribution < -0.4 is 0 Å². The summed E-state index contributed by atoms with van der Waals surface area (Å²) in [4.78, 5) is 13.1. The van der Waals surface area contributed by atoms with Crippen molar-refractivity contribution in [3.63, 3.8) is 0 Å². The molecule has 1 heterocycles. The Morgan fingerprint density at radius 2 is 2.06 bits per heavy atom. The minimum atomic E-state index is -0.830. The number of hydrogen-bond donors (Lipinski definition) is 1. The summed E-state index contributed by atoms with van der Waals surface area (Å²) < 4.78 is 10.3. The van der Waals surface area contributed by atoms with Gasteiger partial charge in [0.2, 0.25) is 0 Å². The molecular formula is C12H23NO4. The number of nitrogens with zero attached hydrogens (tertiary/aromatic N) is 1. The van der Waals surface area contributed by atoms with Gasteiger partial charge in [-0.1, -0.05) is 13.8 Å². The maximum Gasteiger partial charge on any atom is 0.409 e. The molecule has 1 aliphatic rings. The second kappa shape index (κ2) is 6.21. The van der Waals surface area contributed by atoms with E-state index >= 15 is 0 Å². The number of aliphatic hydroxyl groups is 1. The lowest BCUT2D eigenvalue weighted by Crippen LogP contribution is -2.47. The topological polar surface area (TPSA) is 59.0 Å². The molecule has 1 amide bonds. The lowest BCUT2D eigenvalue weighted by atomic mass is 9.94. The molecule has 0 atom stereocenters. The first-order valence-corrected chi connectivity index (χ1v) is 6.11. The Labute approximate surface area is 103 Å². The second-order valence-electron chi connectivity index (χ2n) is 5.16. The van der Waals surface area contributed by atoms with Crippen molar-refractivity contribution >= 4 is 6.09 Å². The minimum absolute atomic E-state index is 0.299. The lowest BCUT2D eigenvalue weighted by Gasteiger charge is -2.35. The standard InChI is InChI=1S/C12H23NO4/c1-10(2)8-17-11(14)13(3)9-12(15)4-6-16-7-5-12/h10,15H,4-9H2,1-3H3. The van der Waals surface area contributed by atoms with Gasteiger partial charge < -0.3 is 19.5 Å². The third kappa shape index (κ3) is 4.91. The third-order valence-electron chi connectivity index (χ3n) is 2.81. The molecule has 1 N–H and O–H groups in total. The van der Waals surface area contributed by atoms with Crippen LogP contribution in [0.5, 0.6) is 0 Å². The molecule has 1 fully saturated rings. The first-order valence-electron chi connectivity index (χ1n) is 6.11. The number of amides is 1. The summed E-state index contributed by atoms with van der Waals surface area (Å²) >= 11 is 0. The van der Waals surface area contributed by atoms with Gasteiger partial charge in [-0.3, -0.25) is 0 Å². The Kier molecular flexibility index (Phi) is 5.21. The Morgan fingerprint density at radius 3 is 2.59 bits per heavy atom. The molecular weight excluding hydrogens is 222 g/mol. The van der Waals surface area contributed by atoms with Gasteiger partial charge in [0.05, 0.1) is 18.8 Å². The van der Waals surface area contributed by atoms with Crippen LogP contribution in [0.3, 0.4) is 0 Å². The van der Waals surface area contributed by atoms with Crippen LogP contribution in [-0.2, 0) is 9.47 Å². The lowest BCUT2D eigenvalue weighted by molar-refractivity contribution is -0.0754. The van der Waals surface area contributed by atoms with Gasteiger partial charge in [-0.15, -0.1) is 0 Å². The predicted octanol–water partition coefficient (Wildman–Crippen LogP) is 1.25. The Hall–Kier alpha value is -0.810. The number of likely N-dealkylation sites (N-methyl/N-ethyl adjacent to an activating group) is 1. The van der Waals surface area contributed by atoms with Crippen LogP contribution >= 0.6 is 0 Å². The van der Waals surface area contributed by atoms with E-state index in [0.29, 0.717) is 45.1 Å². The Morgan fingerprint density at radius 1 is 1.47 bits per heavy atom. The Bertz CT molecular complexity index is 249. The maximum atomic E-state index is 11.6. The maximum absolute atomic E-state index is 11.6. The van der Waals surface area contributed by atoms with E-state index < -0.39 is 5.60 Å². The van der Waals surface area contributed by atoms with Crippen LogP contribution in [0.25, 0.3) is 0 Å². The highest BCUT2D eigenvalue weighted by Crippen LogP contribution is 2.21. The van der Waals surface area contributed by atoms with Gasteiger partial charge in [-0.2, -0.15) is 0 Å². The highest BCUT2D eigenvalue weighted by atomic mass is 16.6. The largest absolute Gasteiger partial charge is 0.449 e. The smallest absolute Gasteiger partial charge is 0.409 e. The summed E-state index contributed by atoms with van der Waals surface area (Å²) in [7, 11) is 1.65. The van der Waals surface area contributed by atoms with E-state index in [1.165, 1.54) is 4.90 Å². The van der Waals surface area contributed by atoms with Crippen molar-refractivity contribution in [1.29, 1.82) is 0 Å². The molecule has 0 radical (unpaired) electrons. The van der Waals surface area contributed by atoms with Crippen molar-refractivity contribution < 1.29 is 19.4 Å². The van der Waals surface area contributed by atoms with Gasteiger partial charge in [0.25, 0.3) is 0 Å². The zero-order valence-electron chi connectivity index (χ0n) is 10.9. The summed E-state index contributed by atoms with van der Waals surface area (Å²) in [6.07, 6.45) is 0.752. The monoisotopic (exact) mass is 245 g/mol. The first kappa shape index (κ1) is 14.3. The van der Waals surface area contributed by atoms with E-state index in [1.54, 1.807) is 7.05 Å². The van der Waals surface area contributed by atoms with Crippen LogP contribution in [0.1, 0.15) is 26.7 Å². The van der Waals surface area contributed by atoms with E-state index in [9.17, 15) is 9.90 Å². The van der Waals surface area contributed by atoms with Crippen molar-refractivity contribution in [2.24, 2.45) is 5.92 Å². The molecule has 0 aliphatic carbocycles. The molecule has 0 aromatic heterocycles. The summed E-state index contributed by atoms with van der Waals surface area (Å²) in [5, 5.41) is 10.2. The number of hydrogen-bond acceptors (Lipinski definition) is 4. The third-order valence-corrected chi connectivity index (χ3v) is 2.81. The molecule has 100 valence electrons. The summed E-state index contributed by atoms with van der Waals surface area (Å²) in [5.74, 6) is 0.318. The fourth-order valence-electron chi connectivity index (χ4n) is 1.76. The van der Waals surface area contributed by atoms with E-state index in [4.69, 9.17) is 9.47 Å². The molecule has 0 aromatic carbocycles. The highest BCUT2D eigenvalue weighted by molar-refractivity contribution is 5.67. The highest BCUT2D eigenvalue weighted by Gasteiger charge is 2.32. The number of ether oxygens (including phenoxy) is 2. The zero-order valence-corrected chi connectivity index (χ0v) is 10.9. The van der Waals surface area contributed by atoms with Crippen molar-refractivity contribution in [3.05, 3.63) is 0 Å². The van der Waals surface area contributed by atoms with Gasteiger partial charge in [-0.25, -0.2) is 4.79 Å². The fraction of sp³-hybridized carbons (Fsp3) is 0.917. The molecule has 1 saturated heterocycles. The van der Waals surface area contributed by atoms with Crippen LogP contribution in [0, 0.1) is 5.92 Å². The van der Waals surface area contributed by atoms with Crippen LogP contribution in [0.15, 0.2) is 0 Å². The van der Waals surface area contributed by atoms with E-state index in [-0.39, 0.29) is 6.09 Å². The van der Waals surface area contributed by atoms with Crippen molar-refractivity contribution in [2.75, 3.05) is 33.4 Å². The average molecular weight is 245 g/mol. The number of carbonyl (C=O) groups is 1. The molecule has 5 heteroatoms. The van der Waals surface area contributed by atoms with E-state index in [0.717, 1.165) is 0 Å². The predicted molar refractivity (Wildman–Crippen MR) is 63.8 cm³/mol. The number of rotatable bonds is 4. The van der Waals surface area contributed by atoms with Gasteiger partial charge in [0.1, 0.15) is 0 Å². The van der Waals surface area contributed by atoms with Crippen LogP contribution in [-0.4, -0.2) is 55.1 Å². The SMILES string of the molecule is CC(C)COC(=O)N(C)CC1(O)CCOCC1. The quantitative estimate of drug-likeness (QED) is 0.810. The van der Waals surface area contributed by atoms with E-state index in [2.05, 4.69) is 0 Å². The van der Waals surface area contributed by atoms with Crippen LogP contribution in [0.2, 0.25) is 0 Å². The molecule has 0 aromatic rings. The molecule has 1 rings (SSSR count). The van der Waals surface area contributed by atoms with Gasteiger partial charge in [-0.05, 0) is 5.92 Å². The molecule has 0 saturated carbocycles. The molecule has 0 unspecified atom stereocenters. The molecule has 1 aliphatic heterocycles. The van der Waals surface area contributed by atoms with Crippen LogP contribution in [0.4, 0.5) is 4.79 Å². The van der Waals surface area contributed by atoms with E-state index in [1.807, 2.05) is 13.8 Å². The number of carbonyl (C=O) groups excluding carboxylic acids is 1. The second-order valence-corrected chi connectivity index (χ2v) is 5.16. The molecule has 0 bridgehead atoms. The average Bonchev–Trinajstić information content (AvgIpc) is 2.26. The Balaban J connectivity index is 2.36. The first-order chi connectivity index (χ1) is 7.93. The summed E-state index contributed by atoms with van der Waals surface area (Å²) in [6, 6.07) is 0.